The molecule has 1 aromatic carbocycles. The highest BCUT2D eigenvalue weighted by atomic mass is 14.9. The summed E-state index contributed by atoms with van der Waals surface area (Å²) in [4.78, 5) is 0. The van der Waals surface area contributed by atoms with Crippen molar-refractivity contribution in [2.45, 2.75) is 19.3 Å². The van der Waals surface area contributed by atoms with E-state index >= 15 is 0 Å². The molecule has 0 spiro atoms. The van der Waals surface area contributed by atoms with Gasteiger partial charge in [0.05, 0.1) is 0 Å². The van der Waals surface area contributed by atoms with Crippen LogP contribution in [0.3, 0.4) is 0 Å². The average molecular weight is 188 g/mol. The Morgan fingerprint density at radius 1 is 1.14 bits per heavy atom. The van der Waals surface area contributed by atoms with E-state index in [9.17, 15) is 0 Å². The normalized spacial score (nSPS) is 18.3. The molecule has 2 rings (SSSR count). The molecule has 0 unspecified atom stereocenters. The highest BCUT2D eigenvalue weighted by Crippen LogP contribution is 2.17. The lowest BCUT2D eigenvalue weighted by atomic mass is 9.91. The monoisotopic (exact) mass is 188 g/mol. The van der Waals surface area contributed by atoms with Crippen LogP contribution in [0.1, 0.15) is 18.4 Å². The summed E-state index contributed by atoms with van der Waals surface area (Å²) in [7, 11) is 0. The van der Waals surface area contributed by atoms with Crippen molar-refractivity contribution in [3.8, 4) is 0 Å². The Labute approximate surface area is 86.5 Å². The predicted molar refractivity (Wildman–Crippen MR) is 60.0 cm³/mol. The standard InChI is InChI=1S/C13H18N/c1-2-4-12(5-3-1)6-7-13-8-10-14-11-9-13/h1-5,7,13-14H,6,8-11H2. The fourth-order valence-corrected chi connectivity index (χ4v) is 2.00. The fraction of sp³-hybridized carbons (Fsp3) is 0.462. The van der Waals surface area contributed by atoms with Crippen molar-refractivity contribution in [3.05, 3.63) is 42.3 Å². The first kappa shape index (κ1) is 9.72. The summed E-state index contributed by atoms with van der Waals surface area (Å²) in [5, 5.41) is 3.39. The van der Waals surface area contributed by atoms with E-state index in [0.717, 1.165) is 12.3 Å². The molecule has 1 saturated heterocycles. The molecule has 1 aliphatic rings. The van der Waals surface area contributed by atoms with E-state index in [1.165, 1.54) is 31.5 Å². The van der Waals surface area contributed by atoms with E-state index in [4.69, 9.17) is 0 Å². The largest absolute Gasteiger partial charge is 0.317 e. The van der Waals surface area contributed by atoms with Crippen molar-refractivity contribution in [2.24, 2.45) is 5.92 Å². The van der Waals surface area contributed by atoms with Gasteiger partial charge in [0, 0.05) is 0 Å². The maximum atomic E-state index is 3.39. The van der Waals surface area contributed by atoms with Crippen molar-refractivity contribution in [1.29, 1.82) is 0 Å². The Kier molecular flexibility index (Phi) is 3.58. The third kappa shape index (κ3) is 2.85. The van der Waals surface area contributed by atoms with Gasteiger partial charge in [-0.3, -0.25) is 0 Å². The summed E-state index contributed by atoms with van der Waals surface area (Å²) in [5.74, 6) is 0.830. The maximum absolute atomic E-state index is 3.39. The van der Waals surface area contributed by atoms with Crippen LogP contribution in [0.15, 0.2) is 30.3 Å². The van der Waals surface area contributed by atoms with Crippen molar-refractivity contribution < 1.29 is 0 Å². The maximum Gasteiger partial charge on any atom is -0.00462 e. The topological polar surface area (TPSA) is 12.0 Å². The highest BCUT2D eigenvalue weighted by Gasteiger charge is 2.12. The zero-order valence-corrected chi connectivity index (χ0v) is 8.58. The van der Waals surface area contributed by atoms with E-state index in [0.29, 0.717) is 0 Å². The van der Waals surface area contributed by atoms with Gasteiger partial charge in [-0.25, -0.2) is 0 Å². The lowest BCUT2D eigenvalue weighted by Crippen LogP contribution is -2.28. The van der Waals surface area contributed by atoms with Crippen molar-refractivity contribution >= 4 is 0 Å². The minimum absolute atomic E-state index is 0.830. The lowest BCUT2D eigenvalue weighted by Gasteiger charge is -2.22. The molecule has 75 valence electrons. The van der Waals surface area contributed by atoms with Crippen LogP contribution in [0, 0.1) is 12.3 Å². The third-order valence-corrected chi connectivity index (χ3v) is 2.91. The Bertz CT molecular complexity index is 249. The molecule has 0 aliphatic carbocycles. The van der Waals surface area contributed by atoms with Crippen LogP contribution in [0.4, 0.5) is 0 Å². The number of rotatable bonds is 3. The van der Waals surface area contributed by atoms with Crippen molar-refractivity contribution in [3.63, 3.8) is 0 Å². The van der Waals surface area contributed by atoms with Crippen LogP contribution < -0.4 is 5.32 Å². The molecule has 0 amide bonds. The van der Waals surface area contributed by atoms with Gasteiger partial charge in [-0.15, -0.1) is 0 Å². The van der Waals surface area contributed by atoms with Gasteiger partial charge in [0.1, 0.15) is 0 Å². The Morgan fingerprint density at radius 3 is 2.57 bits per heavy atom. The van der Waals surface area contributed by atoms with Gasteiger partial charge in [0.2, 0.25) is 0 Å². The number of piperidine rings is 1. The quantitative estimate of drug-likeness (QED) is 0.768. The van der Waals surface area contributed by atoms with E-state index in [-0.39, 0.29) is 0 Å². The van der Waals surface area contributed by atoms with E-state index in [2.05, 4.69) is 42.1 Å². The van der Waals surface area contributed by atoms with Gasteiger partial charge in [0.15, 0.2) is 0 Å². The van der Waals surface area contributed by atoms with Crippen LogP contribution in [-0.2, 0) is 6.42 Å². The second kappa shape index (κ2) is 5.16. The summed E-state index contributed by atoms with van der Waals surface area (Å²) in [6.45, 7) is 2.38. The summed E-state index contributed by atoms with van der Waals surface area (Å²) < 4.78 is 0. The number of hydrogen-bond acceptors (Lipinski definition) is 1. The summed E-state index contributed by atoms with van der Waals surface area (Å²) in [6.07, 6.45) is 6.24. The molecule has 1 aliphatic heterocycles. The molecule has 1 heterocycles. The first-order chi connectivity index (χ1) is 6.95. The van der Waals surface area contributed by atoms with E-state index in [1.807, 2.05) is 0 Å². The van der Waals surface area contributed by atoms with Gasteiger partial charge in [-0.05, 0) is 50.3 Å². The molecule has 14 heavy (non-hydrogen) atoms. The Morgan fingerprint density at radius 2 is 1.86 bits per heavy atom. The minimum Gasteiger partial charge on any atom is -0.317 e. The first-order valence-electron chi connectivity index (χ1n) is 5.53. The molecular formula is C13H18N. The van der Waals surface area contributed by atoms with E-state index in [1.54, 1.807) is 0 Å². The van der Waals surface area contributed by atoms with Gasteiger partial charge in [-0.1, -0.05) is 30.3 Å². The van der Waals surface area contributed by atoms with Crippen molar-refractivity contribution in [2.75, 3.05) is 13.1 Å². The molecule has 1 N–H and O–H groups in total. The average Bonchev–Trinajstić information content (AvgIpc) is 2.29. The van der Waals surface area contributed by atoms with Crippen LogP contribution in [0.5, 0.6) is 0 Å². The molecule has 1 fully saturated rings. The molecular weight excluding hydrogens is 170 g/mol. The summed E-state index contributed by atoms with van der Waals surface area (Å²) >= 11 is 0. The Balaban J connectivity index is 1.76. The number of hydrogen-bond donors (Lipinski definition) is 1. The zero-order valence-electron chi connectivity index (χ0n) is 8.58. The second-order valence-corrected chi connectivity index (χ2v) is 4.01. The number of nitrogens with one attached hydrogen (secondary N) is 1. The van der Waals surface area contributed by atoms with Crippen LogP contribution in [-0.4, -0.2) is 13.1 Å². The summed E-state index contributed by atoms with van der Waals surface area (Å²) in [6, 6.07) is 10.7. The molecule has 0 aromatic heterocycles. The minimum atomic E-state index is 0.830. The number of benzene rings is 1. The van der Waals surface area contributed by atoms with E-state index < -0.39 is 0 Å². The zero-order chi connectivity index (χ0) is 9.64. The lowest BCUT2D eigenvalue weighted by molar-refractivity contribution is 0.410. The molecule has 1 radical (unpaired) electrons. The molecule has 0 saturated carbocycles. The SMILES string of the molecule is [CH](Cc1ccccc1)C1CCNCC1. The molecule has 1 aromatic rings. The molecule has 0 atom stereocenters. The molecule has 1 nitrogen and oxygen atoms in total. The highest BCUT2D eigenvalue weighted by molar-refractivity contribution is 5.16. The van der Waals surface area contributed by atoms with Gasteiger partial charge >= 0.3 is 0 Å². The van der Waals surface area contributed by atoms with Crippen molar-refractivity contribution in [1.82, 2.24) is 5.32 Å². The fourth-order valence-electron chi connectivity index (χ4n) is 2.00. The Hall–Kier alpha value is -0.820. The van der Waals surface area contributed by atoms with Gasteiger partial charge < -0.3 is 5.32 Å². The van der Waals surface area contributed by atoms with Gasteiger partial charge in [-0.2, -0.15) is 0 Å². The third-order valence-electron chi connectivity index (χ3n) is 2.91. The van der Waals surface area contributed by atoms with Gasteiger partial charge in [0.25, 0.3) is 0 Å². The molecule has 0 bridgehead atoms. The molecule has 1 heteroatoms. The van der Waals surface area contributed by atoms with Crippen LogP contribution in [0.2, 0.25) is 0 Å². The second-order valence-electron chi connectivity index (χ2n) is 4.01. The van der Waals surface area contributed by atoms with Crippen LogP contribution in [0.25, 0.3) is 0 Å². The smallest absolute Gasteiger partial charge is 0.00462 e. The predicted octanol–water partition coefficient (Wildman–Crippen LogP) is 2.43. The summed E-state index contributed by atoms with van der Waals surface area (Å²) in [5.41, 5.74) is 1.44. The van der Waals surface area contributed by atoms with Crippen LogP contribution >= 0.6 is 0 Å². The first-order valence-corrected chi connectivity index (χ1v) is 5.53.